The predicted octanol–water partition coefficient (Wildman–Crippen LogP) is 0.400. The lowest BCUT2D eigenvalue weighted by atomic mass is 10.2. The number of alkyl carbamates (subject to hydrolysis) is 1. The van der Waals surface area contributed by atoms with Crippen LogP contribution in [0.2, 0.25) is 0 Å². The number of hydrogen-bond donors (Lipinski definition) is 1. The number of esters is 1. The van der Waals surface area contributed by atoms with Gasteiger partial charge in [0.15, 0.2) is 0 Å². The highest BCUT2D eigenvalue weighted by Crippen LogP contribution is 2.29. The third kappa shape index (κ3) is 3.49. The fourth-order valence-corrected chi connectivity index (χ4v) is 2.62. The Morgan fingerprint density at radius 1 is 1.32 bits per heavy atom. The number of amides is 2. The first-order valence-corrected chi connectivity index (χ1v) is 7.24. The zero-order chi connectivity index (χ0) is 16.5. The summed E-state index contributed by atoms with van der Waals surface area (Å²) in [4.78, 5) is 37.4. The molecule has 8 nitrogen and oxygen atoms in total. The van der Waals surface area contributed by atoms with E-state index in [2.05, 4.69) is 5.32 Å². The van der Waals surface area contributed by atoms with Crippen molar-refractivity contribution in [1.29, 1.82) is 0 Å². The van der Waals surface area contributed by atoms with Crippen LogP contribution in [-0.2, 0) is 23.8 Å². The molecule has 22 heavy (non-hydrogen) atoms. The summed E-state index contributed by atoms with van der Waals surface area (Å²) < 4.78 is 15.4. The second-order valence-electron chi connectivity index (χ2n) is 6.35. The van der Waals surface area contributed by atoms with Crippen LogP contribution in [0.1, 0.15) is 33.6 Å². The molecule has 2 aliphatic rings. The molecule has 0 bridgehead atoms. The van der Waals surface area contributed by atoms with E-state index < -0.39 is 36.0 Å². The number of fused-ring (bicyclic) bond motifs is 1. The Bertz CT molecular complexity index is 472. The van der Waals surface area contributed by atoms with Crippen LogP contribution in [0.3, 0.4) is 0 Å². The molecule has 2 heterocycles. The molecule has 0 aliphatic carbocycles. The van der Waals surface area contributed by atoms with Crippen LogP contribution in [0.5, 0.6) is 0 Å². The van der Waals surface area contributed by atoms with Crippen LogP contribution < -0.4 is 5.32 Å². The van der Waals surface area contributed by atoms with Crippen molar-refractivity contribution < 1.29 is 28.6 Å². The van der Waals surface area contributed by atoms with Crippen molar-refractivity contribution in [2.75, 3.05) is 13.7 Å². The fourth-order valence-electron chi connectivity index (χ4n) is 2.62. The summed E-state index contributed by atoms with van der Waals surface area (Å²) in [6, 6.07) is -1.53. The van der Waals surface area contributed by atoms with Crippen molar-refractivity contribution in [2.45, 2.75) is 57.5 Å². The monoisotopic (exact) mass is 314 g/mol. The van der Waals surface area contributed by atoms with Gasteiger partial charge in [0.2, 0.25) is 5.91 Å². The first-order valence-electron chi connectivity index (χ1n) is 7.24. The summed E-state index contributed by atoms with van der Waals surface area (Å²) in [5.74, 6) is -0.827. The van der Waals surface area contributed by atoms with Crippen LogP contribution in [-0.4, -0.2) is 60.5 Å². The van der Waals surface area contributed by atoms with Gasteiger partial charge in [-0.15, -0.1) is 0 Å². The molecular formula is C14H22N2O6. The number of carbonyl (C=O) groups excluding carboxylic acids is 3. The first kappa shape index (κ1) is 16.5. The highest BCUT2D eigenvalue weighted by molar-refractivity contribution is 5.91. The molecule has 0 aromatic carbocycles. The normalized spacial score (nSPS) is 28.1. The molecule has 0 aromatic rings. The van der Waals surface area contributed by atoms with Crippen molar-refractivity contribution in [3.63, 3.8) is 0 Å². The van der Waals surface area contributed by atoms with Gasteiger partial charge in [0.25, 0.3) is 0 Å². The van der Waals surface area contributed by atoms with Gasteiger partial charge in [-0.2, -0.15) is 0 Å². The lowest BCUT2D eigenvalue weighted by Gasteiger charge is -2.37. The largest absolute Gasteiger partial charge is 0.467 e. The number of carbonyl (C=O) groups is 3. The van der Waals surface area contributed by atoms with Crippen molar-refractivity contribution >= 4 is 18.0 Å². The minimum atomic E-state index is -0.864. The Labute approximate surface area is 129 Å². The summed E-state index contributed by atoms with van der Waals surface area (Å²) in [6.45, 7) is 5.26. The summed E-state index contributed by atoms with van der Waals surface area (Å²) in [5.41, 5.74) is -0.659. The highest BCUT2D eigenvalue weighted by atomic mass is 16.6. The minimum Gasteiger partial charge on any atom is -0.467 e. The zero-order valence-corrected chi connectivity index (χ0v) is 13.3. The van der Waals surface area contributed by atoms with E-state index in [1.807, 2.05) is 0 Å². The Kier molecular flexibility index (Phi) is 4.60. The maximum Gasteiger partial charge on any atom is 0.408 e. The SMILES string of the molecule is COC(=O)[C@H]1CC[C@H]2OC[C@@H](NC(=O)OC(C)(C)C)C(=O)N12. The van der Waals surface area contributed by atoms with Crippen molar-refractivity contribution in [2.24, 2.45) is 0 Å². The van der Waals surface area contributed by atoms with Gasteiger partial charge in [0.05, 0.1) is 13.7 Å². The predicted molar refractivity (Wildman–Crippen MR) is 74.8 cm³/mol. The molecule has 0 spiro atoms. The summed E-state index contributed by atoms with van der Waals surface area (Å²) in [5, 5.41) is 2.49. The maximum atomic E-state index is 12.5. The first-order chi connectivity index (χ1) is 10.2. The Morgan fingerprint density at radius 3 is 2.59 bits per heavy atom. The number of ether oxygens (including phenoxy) is 3. The molecule has 0 aromatic heterocycles. The zero-order valence-electron chi connectivity index (χ0n) is 13.3. The van der Waals surface area contributed by atoms with Gasteiger partial charge in [-0.1, -0.05) is 0 Å². The molecule has 2 fully saturated rings. The van der Waals surface area contributed by atoms with E-state index in [1.54, 1.807) is 20.8 Å². The lowest BCUT2D eigenvalue weighted by Crippen LogP contribution is -2.60. The smallest absolute Gasteiger partial charge is 0.408 e. The van der Waals surface area contributed by atoms with Crippen LogP contribution >= 0.6 is 0 Å². The van der Waals surface area contributed by atoms with Gasteiger partial charge in [0.1, 0.15) is 23.9 Å². The fraction of sp³-hybridized carbons (Fsp3) is 0.786. The molecule has 2 saturated heterocycles. The van der Waals surface area contributed by atoms with Gasteiger partial charge in [-0.05, 0) is 33.6 Å². The molecule has 0 unspecified atom stereocenters. The number of nitrogens with one attached hydrogen (secondary N) is 1. The highest BCUT2D eigenvalue weighted by Gasteiger charge is 2.48. The maximum absolute atomic E-state index is 12.5. The minimum absolute atomic E-state index is 0.0626. The number of hydrogen-bond acceptors (Lipinski definition) is 6. The van der Waals surface area contributed by atoms with E-state index in [0.717, 1.165) is 0 Å². The summed E-state index contributed by atoms with van der Waals surface area (Å²) >= 11 is 0. The second kappa shape index (κ2) is 6.12. The average molecular weight is 314 g/mol. The van der Waals surface area contributed by atoms with Crippen molar-refractivity contribution in [3.05, 3.63) is 0 Å². The standard InChI is InChI=1S/C14H22N2O6/c1-14(2,3)22-13(19)15-8-7-21-10-6-5-9(12(18)20-4)16(10)11(8)17/h8-10H,5-7H2,1-4H3,(H,15,19)/t8-,9-,10-/m1/s1. The van der Waals surface area contributed by atoms with Gasteiger partial charge < -0.3 is 24.4 Å². The number of rotatable bonds is 2. The molecule has 0 radical (unpaired) electrons. The van der Waals surface area contributed by atoms with Crippen molar-refractivity contribution in [3.8, 4) is 0 Å². The molecule has 1 N–H and O–H groups in total. The van der Waals surface area contributed by atoms with Crippen LogP contribution in [0, 0.1) is 0 Å². The molecule has 0 saturated carbocycles. The molecule has 124 valence electrons. The Balaban J connectivity index is 2.03. The number of nitrogens with zero attached hydrogens (tertiary/aromatic N) is 1. The summed E-state index contributed by atoms with van der Waals surface area (Å²) in [7, 11) is 1.28. The molecule has 8 heteroatoms. The second-order valence-corrected chi connectivity index (χ2v) is 6.35. The molecular weight excluding hydrogens is 292 g/mol. The van der Waals surface area contributed by atoms with Crippen LogP contribution in [0.15, 0.2) is 0 Å². The van der Waals surface area contributed by atoms with Crippen molar-refractivity contribution in [1.82, 2.24) is 10.2 Å². The van der Waals surface area contributed by atoms with E-state index in [0.29, 0.717) is 12.8 Å². The lowest BCUT2D eigenvalue weighted by molar-refractivity contribution is -0.171. The van der Waals surface area contributed by atoms with E-state index >= 15 is 0 Å². The molecule has 2 amide bonds. The van der Waals surface area contributed by atoms with Gasteiger partial charge in [0, 0.05) is 0 Å². The van der Waals surface area contributed by atoms with E-state index in [4.69, 9.17) is 14.2 Å². The third-order valence-corrected chi connectivity index (χ3v) is 3.51. The Hall–Kier alpha value is -1.83. The number of methoxy groups -OCH3 is 1. The summed E-state index contributed by atoms with van der Waals surface area (Å²) in [6.07, 6.45) is -0.0672. The molecule has 3 atom stereocenters. The van der Waals surface area contributed by atoms with E-state index in [9.17, 15) is 14.4 Å². The van der Waals surface area contributed by atoms with Crippen LogP contribution in [0.4, 0.5) is 4.79 Å². The Morgan fingerprint density at radius 2 is 2.00 bits per heavy atom. The van der Waals surface area contributed by atoms with Crippen LogP contribution in [0.25, 0.3) is 0 Å². The quantitative estimate of drug-likeness (QED) is 0.742. The van der Waals surface area contributed by atoms with E-state index in [-0.39, 0.29) is 12.5 Å². The van der Waals surface area contributed by atoms with Gasteiger partial charge in [-0.25, -0.2) is 9.59 Å². The van der Waals surface area contributed by atoms with Gasteiger partial charge in [-0.3, -0.25) is 4.79 Å². The van der Waals surface area contributed by atoms with E-state index in [1.165, 1.54) is 12.0 Å². The van der Waals surface area contributed by atoms with Gasteiger partial charge >= 0.3 is 12.1 Å². The topological polar surface area (TPSA) is 94.2 Å². The average Bonchev–Trinajstić information content (AvgIpc) is 2.83. The molecule has 2 rings (SSSR count). The molecule has 2 aliphatic heterocycles. The third-order valence-electron chi connectivity index (χ3n) is 3.51.